The zero-order chi connectivity index (χ0) is 15.7. The average molecular weight is 311 g/mol. The van der Waals surface area contributed by atoms with Crippen LogP contribution in [0.15, 0.2) is 48.5 Å². The average Bonchev–Trinajstić information content (AvgIpc) is 2.38. The van der Waals surface area contributed by atoms with Gasteiger partial charge in [-0.05, 0) is 11.1 Å². The van der Waals surface area contributed by atoms with Gasteiger partial charge in [-0.25, -0.2) is 0 Å². The summed E-state index contributed by atoms with van der Waals surface area (Å²) in [6, 6.07) is 17.9. The molecule has 0 heterocycles. The fourth-order valence-corrected chi connectivity index (χ4v) is 4.61. The van der Waals surface area contributed by atoms with Gasteiger partial charge in [0, 0.05) is 0 Å². The van der Waals surface area contributed by atoms with E-state index in [2.05, 4.69) is 94.2 Å². The molecule has 2 heteroatoms. The molecule has 0 atom stereocenters. The standard InChI is InChI=1S/C19H26Si2/c1-20(2,3)18-11-7-16(8-12-18)15-17-9-13-19(14-10-17)21(4,5)6/h7-14H,1-6H3. The highest BCUT2D eigenvalue weighted by atomic mass is 28.3. The van der Waals surface area contributed by atoms with Crippen LogP contribution in [-0.2, 0) is 0 Å². The van der Waals surface area contributed by atoms with E-state index in [4.69, 9.17) is 0 Å². The maximum absolute atomic E-state index is 3.49. The van der Waals surface area contributed by atoms with E-state index in [0.717, 1.165) is 11.1 Å². The molecule has 0 saturated heterocycles. The van der Waals surface area contributed by atoms with Crippen molar-refractivity contribution in [2.45, 2.75) is 39.3 Å². The molecule has 0 aromatic heterocycles. The van der Waals surface area contributed by atoms with Gasteiger partial charge in [0.15, 0.2) is 0 Å². The van der Waals surface area contributed by atoms with Crippen molar-refractivity contribution < 1.29 is 0 Å². The van der Waals surface area contributed by atoms with Crippen LogP contribution in [0.4, 0.5) is 0 Å². The molecule has 0 bridgehead atoms. The van der Waals surface area contributed by atoms with Crippen LogP contribution in [0, 0.1) is 6.42 Å². The zero-order valence-corrected chi connectivity index (χ0v) is 16.1. The summed E-state index contributed by atoms with van der Waals surface area (Å²) in [6.45, 7) is 14.3. The first-order valence-corrected chi connectivity index (χ1v) is 14.6. The zero-order valence-electron chi connectivity index (χ0n) is 14.1. The summed E-state index contributed by atoms with van der Waals surface area (Å²) >= 11 is 0. The molecular formula is C19H26Si2. The van der Waals surface area contributed by atoms with Crippen LogP contribution in [0.25, 0.3) is 0 Å². The Kier molecular flexibility index (Phi) is 4.59. The predicted molar refractivity (Wildman–Crippen MR) is 100 cm³/mol. The lowest BCUT2D eigenvalue weighted by Gasteiger charge is -2.17. The highest BCUT2D eigenvalue weighted by Gasteiger charge is 2.16. The van der Waals surface area contributed by atoms with Crippen molar-refractivity contribution in [3.05, 3.63) is 66.1 Å². The first-order chi connectivity index (χ1) is 9.66. The Labute approximate surface area is 132 Å². The van der Waals surface area contributed by atoms with Gasteiger partial charge in [0.25, 0.3) is 0 Å². The van der Waals surface area contributed by atoms with E-state index in [0.29, 0.717) is 0 Å². The molecule has 110 valence electrons. The van der Waals surface area contributed by atoms with Crippen molar-refractivity contribution in [2.24, 2.45) is 0 Å². The first-order valence-electron chi connectivity index (χ1n) is 7.64. The Balaban J connectivity index is 2.12. The largest absolute Gasteiger partial charge is 0.0775 e. The molecule has 0 aliphatic heterocycles. The van der Waals surface area contributed by atoms with Crippen LogP contribution in [0.3, 0.4) is 0 Å². The molecule has 0 N–H and O–H groups in total. The lowest BCUT2D eigenvalue weighted by atomic mass is 10.1. The second kappa shape index (κ2) is 5.94. The molecule has 0 spiro atoms. The second-order valence-corrected chi connectivity index (χ2v) is 17.9. The summed E-state index contributed by atoms with van der Waals surface area (Å²) in [5, 5.41) is 3.00. The van der Waals surface area contributed by atoms with Crippen molar-refractivity contribution in [1.82, 2.24) is 0 Å². The van der Waals surface area contributed by atoms with Gasteiger partial charge < -0.3 is 0 Å². The molecular weight excluding hydrogens is 284 g/mol. The van der Waals surface area contributed by atoms with Crippen molar-refractivity contribution >= 4 is 26.5 Å². The van der Waals surface area contributed by atoms with E-state index < -0.39 is 16.1 Å². The quantitative estimate of drug-likeness (QED) is 0.740. The molecule has 2 aromatic carbocycles. The summed E-state index contributed by atoms with van der Waals surface area (Å²) in [4.78, 5) is 0. The third-order valence-electron chi connectivity index (χ3n) is 3.79. The minimum atomic E-state index is -1.20. The smallest absolute Gasteiger partial charge is 0.0656 e. The summed E-state index contributed by atoms with van der Waals surface area (Å²) in [6.07, 6.45) is 3.49. The van der Waals surface area contributed by atoms with Crippen LogP contribution >= 0.6 is 0 Å². The molecule has 0 saturated carbocycles. The van der Waals surface area contributed by atoms with Crippen LogP contribution < -0.4 is 10.4 Å². The van der Waals surface area contributed by atoms with Gasteiger partial charge in [-0.1, -0.05) is 98.2 Å². The molecule has 0 unspecified atom stereocenters. The van der Waals surface area contributed by atoms with E-state index in [9.17, 15) is 0 Å². The molecule has 0 aliphatic rings. The number of benzene rings is 2. The van der Waals surface area contributed by atoms with Crippen molar-refractivity contribution in [3.63, 3.8) is 0 Å². The van der Waals surface area contributed by atoms with E-state index in [1.54, 1.807) is 0 Å². The molecule has 0 fully saturated rings. The Morgan fingerprint density at radius 3 is 1.05 bits per heavy atom. The Morgan fingerprint density at radius 2 is 0.810 bits per heavy atom. The molecule has 2 rings (SSSR count). The third-order valence-corrected chi connectivity index (χ3v) is 7.92. The van der Waals surface area contributed by atoms with Crippen molar-refractivity contribution in [3.8, 4) is 0 Å². The normalized spacial score (nSPS) is 12.5. The highest BCUT2D eigenvalue weighted by Crippen LogP contribution is 2.13. The fourth-order valence-electron chi connectivity index (χ4n) is 2.27. The highest BCUT2D eigenvalue weighted by molar-refractivity contribution is 6.89. The molecule has 0 amide bonds. The van der Waals surface area contributed by atoms with E-state index in [-0.39, 0.29) is 0 Å². The number of hydrogen-bond donors (Lipinski definition) is 0. The lowest BCUT2D eigenvalue weighted by molar-refractivity contribution is 1.44. The fraction of sp³-hybridized carbons (Fsp3) is 0.316. The Bertz CT molecular complexity index is 526. The third kappa shape index (κ3) is 4.42. The maximum Gasteiger partial charge on any atom is 0.0775 e. The van der Waals surface area contributed by atoms with Gasteiger partial charge in [0.2, 0.25) is 0 Å². The lowest BCUT2D eigenvalue weighted by Crippen LogP contribution is -2.37. The minimum Gasteiger partial charge on any atom is -0.0656 e. The molecule has 0 aliphatic carbocycles. The predicted octanol–water partition coefficient (Wildman–Crippen LogP) is 4.25. The van der Waals surface area contributed by atoms with Gasteiger partial charge in [0.1, 0.15) is 0 Å². The summed E-state index contributed by atoms with van der Waals surface area (Å²) in [5.41, 5.74) is 2.33. The SMILES string of the molecule is C[Si](C)(C)c1ccc([C]c2ccc([Si](C)(C)C)cc2)cc1. The van der Waals surface area contributed by atoms with E-state index in [1.807, 2.05) is 0 Å². The summed E-state index contributed by atoms with van der Waals surface area (Å²) in [7, 11) is -2.40. The maximum atomic E-state index is 3.49. The van der Waals surface area contributed by atoms with Gasteiger partial charge >= 0.3 is 0 Å². The monoisotopic (exact) mass is 310 g/mol. The summed E-state index contributed by atoms with van der Waals surface area (Å²) < 4.78 is 0. The first kappa shape index (κ1) is 16.2. The van der Waals surface area contributed by atoms with Gasteiger partial charge in [0.05, 0.1) is 22.6 Å². The van der Waals surface area contributed by atoms with Gasteiger partial charge in [-0.15, -0.1) is 0 Å². The van der Waals surface area contributed by atoms with Crippen LogP contribution in [0.2, 0.25) is 39.3 Å². The molecule has 2 radical (unpaired) electrons. The van der Waals surface area contributed by atoms with Crippen LogP contribution in [-0.4, -0.2) is 16.1 Å². The Morgan fingerprint density at radius 1 is 0.524 bits per heavy atom. The van der Waals surface area contributed by atoms with Crippen molar-refractivity contribution in [2.75, 3.05) is 0 Å². The van der Waals surface area contributed by atoms with Crippen LogP contribution in [0.1, 0.15) is 11.1 Å². The van der Waals surface area contributed by atoms with Crippen LogP contribution in [0.5, 0.6) is 0 Å². The Hall–Kier alpha value is -1.13. The van der Waals surface area contributed by atoms with Crippen molar-refractivity contribution in [1.29, 1.82) is 0 Å². The minimum absolute atomic E-state index is 1.16. The number of rotatable bonds is 4. The molecule has 21 heavy (non-hydrogen) atoms. The number of hydrogen-bond acceptors (Lipinski definition) is 0. The van der Waals surface area contributed by atoms with Gasteiger partial charge in [-0.2, -0.15) is 0 Å². The van der Waals surface area contributed by atoms with E-state index >= 15 is 0 Å². The molecule has 2 aromatic rings. The van der Waals surface area contributed by atoms with E-state index in [1.165, 1.54) is 10.4 Å². The molecule has 0 nitrogen and oxygen atoms in total. The van der Waals surface area contributed by atoms with Gasteiger partial charge in [-0.3, -0.25) is 0 Å². The topological polar surface area (TPSA) is 0 Å². The second-order valence-electron chi connectivity index (χ2n) is 7.78. The summed E-state index contributed by atoms with van der Waals surface area (Å²) in [5.74, 6) is 0.